The molecule has 0 aliphatic rings. The van der Waals surface area contributed by atoms with Gasteiger partial charge in [-0.05, 0) is 24.3 Å². The highest BCUT2D eigenvalue weighted by molar-refractivity contribution is 4.84. The molecule has 56 valence electrons. The summed E-state index contributed by atoms with van der Waals surface area (Å²) in [6.07, 6.45) is 7.03. The maximum Gasteiger partial charge on any atom is 0.0496 e. The zero-order chi connectivity index (χ0) is 7.78. The van der Waals surface area contributed by atoms with E-state index in [1.807, 2.05) is 36.7 Å². The zero-order valence-corrected chi connectivity index (χ0v) is 6.01. The number of aromatic nitrogens is 3. The molecule has 0 aromatic carbocycles. The third-order valence-corrected chi connectivity index (χ3v) is 0.979. The van der Waals surface area contributed by atoms with Crippen molar-refractivity contribution in [3.8, 4) is 0 Å². The van der Waals surface area contributed by atoms with Gasteiger partial charge in [0.2, 0.25) is 0 Å². The van der Waals surface area contributed by atoms with Gasteiger partial charge in [-0.1, -0.05) is 0 Å². The topological polar surface area (TPSA) is 41.6 Å². The van der Waals surface area contributed by atoms with Crippen LogP contribution in [0, 0.1) is 0 Å². The first-order chi connectivity index (χ1) is 5.50. The van der Waals surface area contributed by atoms with Crippen LogP contribution < -0.4 is 0 Å². The van der Waals surface area contributed by atoms with Gasteiger partial charge in [-0.2, -0.15) is 10.2 Å². The standard InChI is InChI=1S/C4H4N2.C4H5N/c1-2-4-6-5-3-1;1-2-4-5-3-1/h1-4H;1-5H. The lowest BCUT2D eigenvalue weighted by molar-refractivity contribution is 1.03. The predicted molar refractivity (Wildman–Crippen MR) is 42.8 cm³/mol. The summed E-state index contributed by atoms with van der Waals surface area (Å²) in [5, 5.41) is 7.07. The van der Waals surface area contributed by atoms with Gasteiger partial charge in [-0.3, -0.25) is 0 Å². The molecule has 0 fully saturated rings. The molecular formula is C8H9N3. The highest BCUT2D eigenvalue weighted by Crippen LogP contribution is 1.72. The van der Waals surface area contributed by atoms with Crippen molar-refractivity contribution in [3.63, 3.8) is 0 Å². The third kappa shape index (κ3) is 3.86. The van der Waals surface area contributed by atoms with E-state index in [0.29, 0.717) is 0 Å². The molecule has 11 heavy (non-hydrogen) atoms. The minimum Gasteiger partial charge on any atom is -0.368 e. The molecule has 2 rings (SSSR count). The average Bonchev–Trinajstić information content (AvgIpc) is 2.64. The molecule has 3 nitrogen and oxygen atoms in total. The van der Waals surface area contributed by atoms with Crippen LogP contribution in [-0.2, 0) is 0 Å². The summed E-state index contributed by atoms with van der Waals surface area (Å²) < 4.78 is 0. The molecule has 2 aromatic heterocycles. The molecule has 0 aliphatic heterocycles. The first kappa shape index (κ1) is 7.47. The van der Waals surface area contributed by atoms with Gasteiger partial charge in [0, 0.05) is 24.8 Å². The molecule has 2 aromatic rings. The van der Waals surface area contributed by atoms with E-state index < -0.39 is 0 Å². The molecule has 0 bridgehead atoms. The lowest BCUT2D eigenvalue weighted by Crippen LogP contribution is -1.69. The quantitative estimate of drug-likeness (QED) is 0.613. The van der Waals surface area contributed by atoms with Crippen molar-refractivity contribution in [2.75, 3.05) is 0 Å². The van der Waals surface area contributed by atoms with Crippen LogP contribution in [0.3, 0.4) is 0 Å². The highest BCUT2D eigenvalue weighted by atomic mass is 15.1. The van der Waals surface area contributed by atoms with E-state index in [4.69, 9.17) is 0 Å². The van der Waals surface area contributed by atoms with E-state index in [2.05, 4.69) is 15.2 Å². The normalized spacial score (nSPS) is 8.00. The van der Waals surface area contributed by atoms with Crippen molar-refractivity contribution in [3.05, 3.63) is 49.1 Å². The average molecular weight is 147 g/mol. The maximum absolute atomic E-state index is 3.53. The molecular weight excluding hydrogens is 138 g/mol. The largest absolute Gasteiger partial charge is 0.368 e. The van der Waals surface area contributed by atoms with Crippen LogP contribution in [-0.4, -0.2) is 15.2 Å². The fraction of sp³-hybridized carbons (Fsp3) is 0. The smallest absolute Gasteiger partial charge is 0.0496 e. The van der Waals surface area contributed by atoms with E-state index in [0.717, 1.165) is 0 Å². The first-order valence-corrected chi connectivity index (χ1v) is 3.29. The minimum absolute atomic E-state index is 1.64. The Labute approximate surface area is 65.1 Å². The van der Waals surface area contributed by atoms with E-state index in [9.17, 15) is 0 Å². The molecule has 3 heteroatoms. The molecule has 0 radical (unpaired) electrons. The van der Waals surface area contributed by atoms with Crippen molar-refractivity contribution in [1.29, 1.82) is 0 Å². The minimum atomic E-state index is 1.64. The molecule has 0 saturated heterocycles. The number of aromatic amines is 1. The van der Waals surface area contributed by atoms with Crippen LogP contribution in [0.2, 0.25) is 0 Å². The van der Waals surface area contributed by atoms with Crippen LogP contribution in [0.4, 0.5) is 0 Å². The number of nitrogens with zero attached hydrogens (tertiary/aromatic N) is 2. The van der Waals surface area contributed by atoms with Crippen LogP contribution in [0.5, 0.6) is 0 Å². The zero-order valence-electron chi connectivity index (χ0n) is 6.01. The third-order valence-electron chi connectivity index (χ3n) is 0.979. The van der Waals surface area contributed by atoms with Gasteiger partial charge in [-0.15, -0.1) is 0 Å². The van der Waals surface area contributed by atoms with Gasteiger partial charge < -0.3 is 4.98 Å². The predicted octanol–water partition coefficient (Wildman–Crippen LogP) is 1.49. The Kier molecular flexibility index (Phi) is 3.51. The van der Waals surface area contributed by atoms with Gasteiger partial charge in [0.25, 0.3) is 0 Å². The van der Waals surface area contributed by atoms with Crippen LogP contribution >= 0.6 is 0 Å². The molecule has 1 N–H and O–H groups in total. The fourth-order valence-electron chi connectivity index (χ4n) is 0.531. The first-order valence-electron chi connectivity index (χ1n) is 3.29. The Morgan fingerprint density at radius 1 is 0.727 bits per heavy atom. The van der Waals surface area contributed by atoms with E-state index >= 15 is 0 Å². The summed E-state index contributed by atoms with van der Waals surface area (Å²) in [6, 6.07) is 7.54. The molecule has 0 aliphatic carbocycles. The van der Waals surface area contributed by atoms with Gasteiger partial charge in [0.1, 0.15) is 0 Å². The lowest BCUT2D eigenvalue weighted by atomic mass is 10.6. The monoisotopic (exact) mass is 147 g/mol. The second-order valence-electron chi connectivity index (χ2n) is 1.80. The van der Waals surface area contributed by atoms with E-state index in [1.54, 1.807) is 12.4 Å². The van der Waals surface area contributed by atoms with Crippen LogP contribution in [0.1, 0.15) is 0 Å². The summed E-state index contributed by atoms with van der Waals surface area (Å²) in [5.41, 5.74) is 0. The molecule has 0 atom stereocenters. The SMILES string of the molecule is c1cc[nH]c1.c1ccnnc1. The Morgan fingerprint density at radius 3 is 1.45 bits per heavy atom. The van der Waals surface area contributed by atoms with Gasteiger partial charge >= 0.3 is 0 Å². The second-order valence-corrected chi connectivity index (χ2v) is 1.80. The molecule has 0 unspecified atom stereocenters. The summed E-state index contributed by atoms with van der Waals surface area (Å²) in [7, 11) is 0. The Bertz CT molecular complexity index is 195. The lowest BCUT2D eigenvalue weighted by Gasteiger charge is -1.69. The number of rotatable bonds is 0. The number of H-pyrrole nitrogens is 1. The molecule has 0 spiro atoms. The number of hydrogen-bond acceptors (Lipinski definition) is 2. The summed E-state index contributed by atoms with van der Waals surface area (Å²) in [5.74, 6) is 0. The van der Waals surface area contributed by atoms with E-state index in [-0.39, 0.29) is 0 Å². The Balaban J connectivity index is 0.000000112. The maximum atomic E-state index is 3.53. The Morgan fingerprint density at radius 2 is 1.27 bits per heavy atom. The summed E-state index contributed by atoms with van der Waals surface area (Å²) in [6.45, 7) is 0. The molecule has 0 saturated carbocycles. The summed E-state index contributed by atoms with van der Waals surface area (Å²) in [4.78, 5) is 2.86. The van der Waals surface area contributed by atoms with E-state index in [1.165, 1.54) is 0 Å². The number of hydrogen-bond donors (Lipinski definition) is 1. The Hall–Kier alpha value is -1.64. The van der Waals surface area contributed by atoms with Gasteiger partial charge in [-0.25, -0.2) is 0 Å². The van der Waals surface area contributed by atoms with Crippen molar-refractivity contribution < 1.29 is 0 Å². The molecule has 2 heterocycles. The van der Waals surface area contributed by atoms with Crippen molar-refractivity contribution in [2.45, 2.75) is 0 Å². The summed E-state index contributed by atoms with van der Waals surface area (Å²) >= 11 is 0. The van der Waals surface area contributed by atoms with Crippen LogP contribution in [0.15, 0.2) is 49.1 Å². The molecule has 0 amide bonds. The number of nitrogens with one attached hydrogen (secondary N) is 1. The second kappa shape index (κ2) is 5.17. The fourth-order valence-corrected chi connectivity index (χ4v) is 0.531. The highest BCUT2D eigenvalue weighted by Gasteiger charge is 1.59. The van der Waals surface area contributed by atoms with Crippen molar-refractivity contribution in [1.82, 2.24) is 15.2 Å². The van der Waals surface area contributed by atoms with Gasteiger partial charge in [0.05, 0.1) is 0 Å². The van der Waals surface area contributed by atoms with Gasteiger partial charge in [0.15, 0.2) is 0 Å². The van der Waals surface area contributed by atoms with Crippen LogP contribution in [0.25, 0.3) is 0 Å². The van der Waals surface area contributed by atoms with Crippen molar-refractivity contribution in [2.24, 2.45) is 0 Å². The van der Waals surface area contributed by atoms with Crippen molar-refractivity contribution >= 4 is 0 Å².